The average Bonchev–Trinajstić information content (AvgIpc) is 3.81. The van der Waals surface area contributed by atoms with Gasteiger partial charge in [-0.2, -0.15) is 0 Å². The summed E-state index contributed by atoms with van der Waals surface area (Å²) in [7, 11) is 0. The SMILES string of the molecule is CC1(C)c2ccccc2-c2c(-n3c4ccccc4c4ccc(N(c5ccccc5)c5ccc6c(c5)C5(c7ccccc7Sc7ccccc75)c5cccc7cccc-6c57)cc43)cccc21. The topological polar surface area (TPSA) is 8.17 Å². The van der Waals surface area contributed by atoms with Crippen LogP contribution in [0, 0.1) is 0 Å². The van der Waals surface area contributed by atoms with Crippen molar-refractivity contribution in [1.29, 1.82) is 0 Å². The highest BCUT2D eigenvalue weighted by atomic mass is 32.2. The van der Waals surface area contributed by atoms with Gasteiger partial charge in [0.15, 0.2) is 0 Å². The first-order chi connectivity index (χ1) is 32.0. The molecule has 1 aliphatic heterocycles. The average molecular weight is 847 g/mol. The molecule has 2 heterocycles. The summed E-state index contributed by atoms with van der Waals surface area (Å²) in [6.07, 6.45) is 0. The number of hydrogen-bond donors (Lipinski definition) is 0. The zero-order valence-electron chi connectivity index (χ0n) is 36.1. The van der Waals surface area contributed by atoms with Gasteiger partial charge in [-0.25, -0.2) is 0 Å². The van der Waals surface area contributed by atoms with Crippen LogP contribution in [0.15, 0.2) is 228 Å². The maximum absolute atomic E-state index is 2.53. The lowest BCUT2D eigenvalue weighted by Crippen LogP contribution is -2.36. The molecule has 306 valence electrons. The number of nitrogens with zero attached hydrogens (tertiary/aromatic N) is 2. The Balaban J connectivity index is 1.05. The molecule has 10 aromatic carbocycles. The molecule has 3 heteroatoms. The number of hydrogen-bond acceptors (Lipinski definition) is 2. The van der Waals surface area contributed by atoms with E-state index in [9.17, 15) is 0 Å². The zero-order valence-corrected chi connectivity index (χ0v) is 36.9. The van der Waals surface area contributed by atoms with Crippen LogP contribution in [0.25, 0.3) is 60.5 Å². The molecule has 2 nitrogen and oxygen atoms in total. The molecule has 0 radical (unpaired) electrons. The molecule has 14 rings (SSSR count). The van der Waals surface area contributed by atoms with E-state index in [0.29, 0.717) is 0 Å². The van der Waals surface area contributed by atoms with Crippen LogP contribution in [-0.2, 0) is 10.8 Å². The maximum atomic E-state index is 2.53. The number of benzene rings is 10. The molecule has 1 spiro atoms. The third-order valence-electron chi connectivity index (χ3n) is 14.8. The Labute approximate surface area is 383 Å². The normalized spacial score (nSPS) is 14.5. The molecule has 0 saturated heterocycles. The molecule has 3 aliphatic rings. The summed E-state index contributed by atoms with van der Waals surface area (Å²) < 4.78 is 2.53. The Bertz CT molecular complexity index is 3750. The fourth-order valence-electron chi connectivity index (χ4n) is 12.1. The van der Waals surface area contributed by atoms with Gasteiger partial charge in [0.05, 0.1) is 22.1 Å². The minimum absolute atomic E-state index is 0.107. The minimum atomic E-state index is -0.547. The summed E-state index contributed by atoms with van der Waals surface area (Å²) in [5.41, 5.74) is 19.6. The van der Waals surface area contributed by atoms with E-state index in [0.717, 1.165) is 17.1 Å². The van der Waals surface area contributed by atoms with Crippen LogP contribution in [0.3, 0.4) is 0 Å². The standard InChI is InChI=1S/C62H42N2S/c1-61(2)48-24-8-6-22-47(48)60-51(61)27-16-30-55(60)64-54-29-11-7-21-44(54)45-36-34-42(38-56(45)64)63(40-19-4-3-5-20-40)41-33-35-43-46-23-14-17-39-18-15-28-52(59(39)46)62(53(43)37-41)49-25-9-12-31-57(49)65-58-32-13-10-26-50(58)62/h3-38H,1-2H3. The summed E-state index contributed by atoms with van der Waals surface area (Å²) in [6, 6.07) is 82.1. The van der Waals surface area contributed by atoms with Gasteiger partial charge >= 0.3 is 0 Å². The molecular formula is C62H42N2S. The fourth-order valence-corrected chi connectivity index (χ4v) is 13.3. The van der Waals surface area contributed by atoms with E-state index in [4.69, 9.17) is 0 Å². The van der Waals surface area contributed by atoms with Crippen molar-refractivity contribution in [2.45, 2.75) is 34.5 Å². The summed E-state index contributed by atoms with van der Waals surface area (Å²) in [5, 5.41) is 5.10. The Morgan fingerprint density at radius 1 is 0.400 bits per heavy atom. The van der Waals surface area contributed by atoms with Gasteiger partial charge < -0.3 is 9.47 Å². The smallest absolute Gasteiger partial charge is 0.0736 e. The largest absolute Gasteiger partial charge is 0.310 e. The summed E-state index contributed by atoms with van der Waals surface area (Å²) in [5.74, 6) is 0. The second-order valence-electron chi connectivity index (χ2n) is 18.4. The van der Waals surface area contributed by atoms with Gasteiger partial charge in [0.25, 0.3) is 0 Å². The van der Waals surface area contributed by atoms with Crippen LogP contribution in [-0.4, -0.2) is 4.57 Å². The van der Waals surface area contributed by atoms with Crippen LogP contribution in [0.1, 0.15) is 47.2 Å². The molecule has 0 amide bonds. The van der Waals surface area contributed by atoms with Gasteiger partial charge in [-0.05, 0) is 122 Å². The first kappa shape index (κ1) is 36.8. The van der Waals surface area contributed by atoms with Crippen molar-refractivity contribution in [3.8, 4) is 27.9 Å². The van der Waals surface area contributed by atoms with Crippen molar-refractivity contribution < 1.29 is 0 Å². The van der Waals surface area contributed by atoms with E-state index >= 15 is 0 Å². The first-order valence-electron chi connectivity index (χ1n) is 22.7. The first-order valence-corrected chi connectivity index (χ1v) is 23.5. The molecule has 0 atom stereocenters. The molecule has 0 fully saturated rings. The predicted octanol–water partition coefficient (Wildman–Crippen LogP) is 16.5. The molecule has 0 bridgehead atoms. The molecular weight excluding hydrogens is 805 g/mol. The van der Waals surface area contributed by atoms with Crippen LogP contribution < -0.4 is 4.90 Å². The highest BCUT2D eigenvalue weighted by molar-refractivity contribution is 7.99. The molecule has 2 aliphatic carbocycles. The predicted molar refractivity (Wildman–Crippen MR) is 272 cm³/mol. The van der Waals surface area contributed by atoms with Crippen molar-refractivity contribution >= 4 is 61.4 Å². The zero-order chi connectivity index (χ0) is 43.0. The second kappa shape index (κ2) is 13.5. The molecule has 1 aromatic heterocycles. The van der Waals surface area contributed by atoms with Crippen LogP contribution >= 0.6 is 11.8 Å². The number of para-hydroxylation sites is 2. The summed E-state index contributed by atoms with van der Waals surface area (Å²) >= 11 is 1.89. The highest BCUT2D eigenvalue weighted by Gasteiger charge is 2.49. The van der Waals surface area contributed by atoms with Gasteiger partial charge in [-0.1, -0.05) is 183 Å². The van der Waals surface area contributed by atoms with E-state index in [1.165, 1.54) is 104 Å². The molecule has 0 saturated carbocycles. The lowest BCUT2D eigenvalue weighted by Gasteiger charge is -2.46. The van der Waals surface area contributed by atoms with E-state index in [2.05, 4.69) is 242 Å². The van der Waals surface area contributed by atoms with Gasteiger partial charge in [0.2, 0.25) is 0 Å². The van der Waals surface area contributed by atoms with Gasteiger partial charge in [-0.15, -0.1) is 0 Å². The molecule has 65 heavy (non-hydrogen) atoms. The Hall–Kier alpha value is -7.59. The van der Waals surface area contributed by atoms with Crippen LogP contribution in [0.4, 0.5) is 17.1 Å². The third-order valence-corrected chi connectivity index (χ3v) is 16.0. The number of aromatic nitrogens is 1. The van der Waals surface area contributed by atoms with Crippen molar-refractivity contribution in [1.82, 2.24) is 4.57 Å². The number of anilines is 3. The van der Waals surface area contributed by atoms with Crippen molar-refractivity contribution in [3.05, 3.63) is 252 Å². The van der Waals surface area contributed by atoms with Crippen LogP contribution in [0.2, 0.25) is 0 Å². The maximum Gasteiger partial charge on any atom is 0.0736 e. The monoisotopic (exact) mass is 846 g/mol. The second-order valence-corrected chi connectivity index (χ2v) is 19.5. The van der Waals surface area contributed by atoms with Gasteiger partial charge in [-0.3, -0.25) is 0 Å². The van der Waals surface area contributed by atoms with E-state index in [1.54, 1.807) is 0 Å². The van der Waals surface area contributed by atoms with Crippen molar-refractivity contribution in [2.24, 2.45) is 0 Å². The van der Waals surface area contributed by atoms with Crippen LogP contribution in [0.5, 0.6) is 0 Å². The number of fused-ring (bicyclic) bond motifs is 14. The van der Waals surface area contributed by atoms with Crippen molar-refractivity contribution in [3.63, 3.8) is 0 Å². The lowest BCUT2D eigenvalue weighted by molar-refractivity contribution is 0.660. The summed E-state index contributed by atoms with van der Waals surface area (Å²) in [4.78, 5) is 5.07. The van der Waals surface area contributed by atoms with E-state index in [1.807, 2.05) is 11.8 Å². The Morgan fingerprint density at radius 2 is 1.00 bits per heavy atom. The van der Waals surface area contributed by atoms with Gasteiger partial charge in [0.1, 0.15) is 0 Å². The Morgan fingerprint density at radius 3 is 1.82 bits per heavy atom. The van der Waals surface area contributed by atoms with Crippen molar-refractivity contribution in [2.75, 3.05) is 4.90 Å². The molecule has 0 unspecified atom stereocenters. The van der Waals surface area contributed by atoms with E-state index in [-0.39, 0.29) is 5.41 Å². The third kappa shape index (κ3) is 4.91. The van der Waals surface area contributed by atoms with E-state index < -0.39 is 5.41 Å². The minimum Gasteiger partial charge on any atom is -0.310 e. The highest BCUT2D eigenvalue weighted by Crippen LogP contribution is 2.62. The number of rotatable bonds is 4. The van der Waals surface area contributed by atoms with Gasteiger partial charge in [0, 0.05) is 48.6 Å². The fraction of sp³-hybridized carbons (Fsp3) is 0.0645. The Kier molecular flexibility index (Phi) is 7.63. The lowest BCUT2D eigenvalue weighted by atomic mass is 9.59. The molecule has 0 N–H and O–H groups in total. The quantitative estimate of drug-likeness (QED) is 0.174. The summed E-state index contributed by atoms with van der Waals surface area (Å²) in [6.45, 7) is 4.74. The molecule has 11 aromatic rings.